The Labute approximate surface area is 178 Å². The summed E-state index contributed by atoms with van der Waals surface area (Å²) in [5.41, 5.74) is 1.58. The average molecular weight is 451 g/mol. The number of carbonyl (C=O) groups excluding carboxylic acids is 1. The van der Waals surface area contributed by atoms with Crippen molar-refractivity contribution in [3.63, 3.8) is 0 Å². The topological polar surface area (TPSA) is 134 Å². The Morgan fingerprint density at radius 3 is 2.60 bits per heavy atom. The molecular formula is C19H22N4O5S2. The molecule has 2 heterocycles. The fourth-order valence-corrected chi connectivity index (χ4v) is 5.03. The molecule has 0 fully saturated rings. The maximum absolute atomic E-state index is 12.9. The number of benzene rings is 1. The van der Waals surface area contributed by atoms with Crippen LogP contribution in [0.2, 0.25) is 0 Å². The number of aryl methyl sites for hydroxylation is 2. The van der Waals surface area contributed by atoms with E-state index in [0.29, 0.717) is 50.0 Å². The van der Waals surface area contributed by atoms with Crippen molar-refractivity contribution in [2.24, 2.45) is 5.14 Å². The van der Waals surface area contributed by atoms with Crippen molar-refractivity contribution < 1.29 is 22.7 Å². The van der Waals surface area contributed by atoms with Crippen molar-refractivity contribution in [3.05, 3.63) is 40.0 Å². The number of fused-ring (bicyclic) bond motifs is 1. The summed E-state index contributed by atoms with van der Waals surface area (Å²) in [6.07, 6.45) is 0.498. The zero-order valence-corrected chi connectivity index (χ0v) is 18.6. The van der Waals surface area contributed by atoms with Gasteiger partial charge in [-0.3, -0.25) is 4.79 Å². The van der Waals surface area contributed by atoms with E-state index in [-0.39, 0.29) is 11.5 Å². The van der Waals surface area contributed by atoms with Gasteiger partial charge in [-0.25, -0.2) is 18.5 Å². The highest BCUT2D eigenvalue weighted by molar-refractivity contribution is 7.89. The molecule has 3 rings (SSSR count). The summed E-state index contributed by atoms with van der Waals surface area (Å²) in [5, 5.41) is 8.70. The Balaban J connectivity index is 2.01. The van der Waals surface area contributed by atoms with Gasteiger partial charge in [0.05, 0.1) is 22.3 Å². The Hall–Kier alpha value is -2.60. The number of primary sulfonamides is 1. The van der Waals surface area contributed by atoms with Crippen LogP contribution in [-0.2, 0) is 27.8 Å². The van der Waals surface area contributed by atoms with Crippen LogP contribution in [0.5, 0.6) is 5.88 Å². The highest BCUT2D eigenvalue weighted by atomic mass is 32.2. The number of nitrogens with zero attached hydrogens (tertiary/aromatic N) is 2. The Morgan fingerprint density at radius 1 is 1.27 bits per heavy atom. The third kappa shape index (κ3) is 4.29. The monoisotopic (exact) mass is 450 g/mol. The van der Waals surface area contributed by atoms with E-state index in [4.69, 9.17) is 14.6 Å². The maximum Gasteiger partial charge on any atom is 0.266 e. The molecule has 1 amide bonds. The van der Waals surface area contributed by atoms with Crippen LogP contribution in [0.3, 0.4) is 0 Å². The molecule has 0 aliphatic carbocycles. The Bertz CT molecular complexity index is 1220. The van der Waals surface area contributed by atoms with Crippen LogP contribution in [0.4, 0.5) is 5.69 Å². The molecule has 0 aliphatic rings. The largest absolute Gasteiger partial charge is 0.480 e. The minimum Gasteiger partial charge on any atom is -0.480 e. The van der Waals surface area contributed by atoms with Crippen molar-refractivity contribution in [1.29, 1.82) is 0 Å². The highest BCUT2D eigenvalue weighted by Gasteiger charge is 2.22. The van der Waals surface area contributed by atoms with Gasteiger partial charge in [0.1, 0.15) is 11.4 Å². The van der Waals surface area contributed by atoms with Gasteiger partial charge in [-0.05, 0) is 36.6 Å². The lowest BCUT2D eigenvalue weighted by Crippen LogP contribution is -2.16. The first kappa shape index (κ1) is 22.1. The smallest absolute Gasteiger partial charge is 0.266 e. The molecule has 0 atom stereocenters. The number of nitrogens with two attached hydrogens (primary N) is 1. The number of amides is 1. The number of anilines is 1. The van der Waals surface area contributed by atoms with E-state index in [2.05, 4.69) is 15.3 Å². The van der Waals surface area contributed by atoms with Gasteiger partial charge in [0.2, 0.25) is 15.9 Å². The van der Waals surface area contributed by atoms with Crippen LogP contribution in [0, 0.1) is 6.92 Å². The predicted octanol–water partition coefficient (Wildman–Crippen LogP) is 2.62. The number of hydrogen-bond donors (Lipinski definition) is 2. The Kier molecular flexibility index (Phi) is 6.36. The molecule has 11 heteroatoms. The quantitative estimate of drug-likeness (QED) is 0.565. The molecule has 9 nitrogen and oxygen atoms in total. The lowest BCUT2D eigenvalue weighted by molar-refractivity contribution is 0.103. The summed E-state index contributed by atoms with van der Waals surface area (Å²) in [4.78, 5) is 22.7. The number of rotatable bonds is 7. The van der Waals surface area contributed by atoms with E-state index in [0.717, 1.165) is 0 Å². The molecule has 3 aromatic rings. The van der Waals surface area contributed by atoms with Gasteiger partial charge in [-0.2, -0.15) is 4.98 Å². The molecular weight excluding hydrogens is 428 g/mol. The molecule has 160 valence electrons. The number of aromatic nitrogens is 2. The molecule has 30 heavy (non-hydrogen) atoms. The number of nitrogens with one attached hydrogen (secondary N) is 1. The van der Waals surface area contributed by atoms with Crippen LogP contribution >= 0.6 is 11.3 Å². The zero-order valence-electron chi connectivity index (χ0n) is 17.0. The van der Waals surface area contributed by atoms with Gasteiger partial charge in [0.25, 0.3) is 5.91 Å². The van der Waals surface area contributed by atoms with Crippen LogP contribution in [0.15, 0.2) is 23.1 Å². The number of methoxy groups -OCH3 is 2. The van der Waals surface area contributed by atoms with E-state index >= 15 is 0 Å². The minimum atomic E-state index is -3.91. The van der Waals surface area contributed by atoms with Crippen molar-refractivity contribution in [1.82, 2.24) is 9.97 Å². The van der Waals surface area contributed by atoms with Crippen molar-refractivity contribution in [2.45, 2.75) is 31.8 Å². The van der Waals surface area contributed by atoms with Crippen molar-refractivity contribution in [2.75, 3.05) is 19.5 Å². The first-order chi connectivity index (χ1) is 14.2. The minimum absolute atomic E-state index is 0.00685. The molecule has 0 bridgehead atoms. The van der Waals surface area contributed by atoms with E-state index < -0.39 is 15.9 Å². The van der Waals surface area contributed by atoms with Gasteiger partial charge < -0.3 is 14.8 Å². The summed E-state index contributed by atoms with van der Waals surface area (Å²) in [6.45, 7) is 3.82. The van der Waals surface area contributed by atoms with E-state index in [1.165, 1.54) is 31.6 Å². The van der Waals surface area contributed by atoms with Crippen molar-refractivity contribution >= 4 is 43.2 Å². The van der Waals surface area contributed by atoms with Crippen LogP contribution in [-0.4, -0.2) is 38.5 Å². The second kappa shape index (κ2) is 8.64. The molecule has 0 unspecified atom stereocenters. The van der Waals surface area contributed by atoms with Crippen LogP contribution in [0.25, 0.3) is 10.2 Å². The second-order valence-electron chi connectivity index (χ2n) is 6.49. The standard InChI is InChI=1S/C19H22N4O5S2/c1-5-11-6-7-12(8-13(11)30(20,25)26)21-17(24)16-10(2)15-18(28-4)22-14(9-27-3)23-19(15)29-16/h6-8H,5,9H2,1-4H3,(H,21,24)(H2,20,25,26). The van der Waals surface area contributed by atoms with Crippen molar-refractivity contribution in [3.8, 4) is 5.88 Å². The zero-order chi connectivity index (χ0) is 22.1. The number of carbonyl (C=O) groups is 1. The van der Waals surface area contributed by atoms with E-state index in [9.17, 15) is 13.2 Å². The Morgan fingerprint density at radius 2 is 2.00 bits per heavy atom. The summed E-state index contributed by atoms with van der Waals surface area (Å²) in [5.74, 6) is 0.419. The van der Waals surface area contributed by atoms with E-state index in [1.807, 2.05) is 6.92 Å². The van der Waals surface area contributed by atoms with Gasteiger partial charge in [-0.15, -0.1) is 11.3 Å². The normalized spacial score (nSPS) is 11.6. The SMILES string of the molecule is CCc1ccc(NC(=O)c2sc3nc(COC)nc(OC)c3c2C)cc1S(N)(=O)=O. The maximum atomic E-state index is 12.9. The lowest BCUT2D eigenvalue weighted by Gasteiger charge is -2.10. The average Bonchev–Trinajstić information content (AvgIpc) is 3.03. The fourth-order valence-electron chi connectivity index (χ4n) is 3.08. The van der Waals surface area contributed by atoms with Gasteiger partial charge in [-0.1, -0.05) is 13.0 Å². The molecule has 0 aliphatic heterocycles. The summed E-state index contributed by atoms with van der Waals surface area (Å²) >= 11 is 1.20. The first-order valence-electron chi connectivity index (χ1n) is 8.99. The summed E-state index contributed by atoms with van der Waals surface area (Å²) in [6, 6.07) is 4.65. The van der Waals surface area contributed by atoms with Gasteiger partial charge >= 0.3 is 0 Å². The van der Waals surface area contributed by atoms with Crippen LogP contribution < -0.4 is 15.2 Å². The molecule has 0 saturated carbocycles. The fraction of sp³-hybridized carbons (Fsp3) is 0.316. The number of hydrogen-bond acceptors (Lipinski definition) is 8. The molecule has 0 radical (unpaired) electrons. The molecule has 2 aromatic heterocycles. The molecule has 1 aromatic carbocycles. The number of sulfonamides is 1. The first-order valence-corrected chi connectivity index (χ1v) is 11.4. The molecule has 3 N–H and O–H groups in total. The predicted molar refractivity (Wildman–Crippen MR) is 115 cm³/mol. The number of thiophene rings is 1. The summed E-state index contributed by atoms with van der Waals surface area (Å²) in [7, 11) is -0.873. The second-order valence-corrected chi connectivity index (χ2v) is 9.02. The third-order valence-corrected chi connectivity index (χ3v) is 6.67. The molecule has 0 spiro atoms. The highest BCUT2D eigenvalue weighted by Crippen LogP contribution is 2.35. The third-order valence-electron chi connectivity index (χ3n) is 4.49. The van der Waals surface area contributed by atoms with Gasteiger partial charge in [0.15, 0.2) is 5.82 Å². The van der Waals surface area contributed by atoms with Crippen LogP contribution in [0.1, 0.15) is 33.5 Å². The number of ether oxygens (including phenoxy) is 2. The van der Waals surface area contributed by atoms with Gasteiger partial charge in [0, 0.05) is 12.8 Å². The van der Waals surface area contributed by atoms with E-state index in [1.54, 1.807) is 19.1 Å². The lowest BCUT2D eigenvalue weighted by atomic mass is 10.1. The summed E-state index contributed by atoms with van der Waals surface area (Å²) < 4.78 is 34.2. The molecule has 0 saturated heterocycles.